The van der Waals surface area contributed by atoms with Crippen LogP contribution in [0.2, 0.25) is 0 Å². The number of halogens is 4. The Kier molecular flexibility index (Phi) is 3.63. The minimum atomic E-state index is -4.38. The van der Waals surface area contributed by atoms with Crippen LogP contribution in [0.25, 0.3) is 11.3 Å². The van der Waals surface area contributed by atoms with Gasteiger partial charge in [-0.2, -0.15) is 24.5 Å². The maximum atomic E-state index is 12.8. The van der Waals surface area contributed by atoms with Gasteiger partial charge in [-0.15, -0.1) is 0 Å². The van der Waals surface area contributed by atoms with Crippen LogP contribution in [-0.2, 0) is 6.18 Å². The number of nitrogens with one attached hydrogen (secondary N) is 1. The highest BCUT2D eigenvalue weighted by molar-refractivity contribution is 9.10. The molecule has 0 amide bonds. The van der Waals surface area contributed by atoms with Crippen LogP contribution in [-0.4, -0.2) is 12.0 Å². The number of hydrogen-bond donors (Lipinski definition) is 1. The molecule has 0 atom stereocenters. The molecule has 0 radical (unpaired) electrons. The van der Waals surface area contributed by atoms with Gasteiger partial charge >= 0.3 is 6.18 Å². The third-order valence-corrected chi connectivity index (χ3v) is 4.00. The molecule has 18 heavy (non-hydrogen) atoms. The van der Waals surface area contributed by atoms with Crippen molar-refractivity contribution in [2.45, 2.75) is 6.18 Å². The maximum Gasteiger partial charge on any atom is 0.416 e. The molecular formula is C11H8BrF3N2S. The number of anilines is 1. The SMILES string of the molecule is CNc1cc(C(F)(F)F)cc(-c2cscc2Br)n1. The van der Waals surface area contributed by atoms with Gasteiger partial charge in [-0.25, -0.2) is 4.98 Å². The van der Waals surface area contributed by atoms with Crippen molar-refractivity contribution in [2.24, 2.45) is 0 Å². The Morgan fingerprint density at radius 3 is 2.50 bits per heavy atom. The highest BCUT2D eigenvalue weighted by Gasteiger charge is 2.31. The lowest BCUT2D eigenvalue weighted by Crippen LogP contribution is -2.07. The first kappa shape index (κ1) is 13.4. The Labute approximate surface area is 114 Å². The second-order valence-corrected chi connectivity index (χ2v) is 5.11. The van der Waals surface area contributed by atoms with Gasteiger partial charge < -0.3 is 5.32 Å². The third-order valence-electron chi connectivity index (χ3n) is 2.30. The molecule has 0 aliphatic rings. The van der Waals surface area contributed by atoms with E-state index in [1.165, 1.54) is 18.4 Å². The van der Waals surface area contributed by atoms with Gasteiger partial charge in [0.25, 0.3) is 0 Å². The lowest BCUT2D eigenvalue weighted by molar-refractivity contribution is -0.137. The average Bonchev–Trinajstić information content (AvgIpc) is 2.73. The second-order valence-electron chi connectivity index (χ2n) is 3.51. The van der Waals surface area contributed by atoms with Gasteiger partial charge in [0.2, 0.25) is 0 Å². The smallest absolute Gasteiger partial charge is 0.373 e. The molecule has 2 rings (SSSR count). The Morgan fingerprint density at radius 1 is 1.28 bits per heavy atom. The van der Waals surface area contributed by atoms with Crippen molar-refractivity contribution in [3.63, 3.8) is 0 Å². The van der Waals surface area contributed by atoms with E-state index in [2.05, 4.69) is 26.2 Å². The van der Waals surface area contributed by atoms with Gasteiger partial charge in [-0.1, -0.05) is 0 Å². The molecule has 0 spiro atoms. The van der Waals surface area contributed by atoms with Crippen molar-refractivity contribution in [1.29, 1.82) is 0 Å². The number of pyridine rings is 1. The van der Waals surface area contributed by atoms with Crippen molar-refractivity contribution < 1.29 is 13.2 Å². The molecule has 1 N–H and O–H groups in total. The van der Waals surface area contributed by atoms with Crippen LogP contribution in [0.3, 0.4) is 0 Å². The Balaban J connectivity index is 2.58. The van der Waals surface area contributed by atoms with Crippen molar-refractivity contribution in [3.05, 3.63) is 32.9 Å². The summed E-state index contributed by atoms with van der Waals surface area (Å²) in [6.07, 6.45) is -4.38. The van der Waals surface area contributed by atoms with Gasteiger partial charge in [-0.3, -0.25) is 0 Å². The van der Waals surface area contributed by atoms with Gasteiger partial charge in [0.15, 0.2) is 0 Å². The molecule has 0 bridgehead atoms. The second kappa shape index (κ2) is 4.89. The summed E-state index contributed by atoms with van der Waals surface area (Å²) < 4.78 is 39.0. The Hall–Kier alpha value is -1.08. The monoisotopic (exact) mass is 336 g/mol. The zero-order valence-electron chi connectivity index (χ0n) is 9.18. The fourth-order valence-electron chi connectivity index (χ4n) is 1.42. The largest absolute Gasteiger partial charge is 0.416 e. The highest BCUT2D eigenvalue weighted by atomic mass is 79.9. The molecule has 0 saturated carbocycles. The minimum Gasteiger partial charge on any atom is -0.373 e. The summed E-state index contributed by atoms with van der Waals surface area (Å²) >= 11 is 4.69. The van der Waals surface area contributed by atoms with Crippen LogP contribution in [0.4, 0.5) is 19.0 Å². The zero-order chi connectivity index (χ0) is 13.3. The first-order valence-corrected chi connectivity index (χ1v) is 6.64. The fraction of sp³-hybridized carbons (Fsp3) is 0.182. The fourth-order valence-corrected chi connectivity index (χ4v) is 2.92. The number of thiophene rings is 1. The van der Waals surface area contributed by atoms with E-state index < -0.39 is 11.7 Å². The van der Waals surface area contributed by atoms with E-state index in [-0.39, 0.29) is 5.82 Å². The van der Waals surface area contributed by atoms with Crippen LogP contribution in [0, 0.1) is 0 Å². The van der Waals surface area contributed by atoms with Crippen LogP contribution in [0.5, 0.6) is 0 Å². The number of alkyl halides is 3. The lowest BCUT2D eigenvalue weighted by atomic mass is 10.1. The Morgan fingerprint density at radius 2 is 2.00 bits per heavy atom. The summed E-state index contributed by atoms with van der Waals surface area (Å²) in [7, 11) is 1.54. The van der Waals surface area contributed by atoms with Crippen molar-refractivity contribution in [1.82, 2.24) is 4.98 Å². The quantitative estimate of drug-likeness (QED) is 0.864. The van der Waals surface area contributed by atoms with Crippen LogP contribution in [0.1, 0.15) is 5.56 Å². The summed E-state index contributed by atoms with van der Waals surface area (Å²) in [5, 5.41) is 6.20. The topological polar surface area (TPSA) is 24.9 Å². The van der Waals surface area contributed by atoms with Crippen molar-refractivity contribution >= 4 is 33.1 Å². The van der Waals surface area contributed by atoms with Gasteiger partial charge in [0.1, 0.15) is 5.82 Å². The molecule has 96 valence electrons. The van der Waals surface area contributed by atoms with E-state index in [4.69, 9.17) is 0 Å². The lowest BCUT2D eigenvalue weighted by Gasteiger charge is -2.11. The molecule has 0 aliphatic heterocycles. The first-order chi connectivity index (χ1) is 8.41. The molecule has 2 aromatic heterocycles. The van der Waals surface area contributed by atoms with E-state index in [1.807, 2.05) is 0 Å². The van der Waals surface area contributed by atoms with E-state index in [0.717, 1.165) is 16.6 Å². The van der Waals surface area contributed by atoms with E-state index in [0.29, 0.717) is 11.3 Å². The first-order valence-electron chi connectivity index (χ1n) is 4.91. The summed E-state index contributed by atoms with van der Waals surface area (Å²) in [6.45, 7) is 0. The number of hydrogen-bond acceptors (Lipinski definition) is 3. The maximum absolute atomic E-state index is 12.8. The van der Waals surface area contributed by atoms with E-state index >= 15 is 0 Å². The predicted molar refractivity (Wildman–Crippen MR) is 69.8 cm³/mol. The summed E-state index contributed by atoms with van der Waals surface area (Å²) in [4.78, 5) is 4.13. The summed E-state index contributed by atoms with van der Waals surface area (Å²) in [6, 6.07) is 2.04. The third kappa shape index (κ3) is 2.67. The van der Waals surface area contributed by atoms with Gasteiger partial charge in [0.05, 0.1) is 11.3 Å². The van der Waals surface area contributed by atoms with Gasteiger partial charge in [0, 0.05) is 27.8 Å². The molecule has 2 nitrogen and oxygen atoms in total. The number of nitrogens with zero attached hydrogens (tertiary/aromatic N) is 1. The van der Waals surface area contributed by atoms with Crippen molar-refractivity contribution in [2.75, 3.05) is 12.4 Å². The molecule has 2 aromatic rings. The standard InChI is InChI=1S/C11H8BrF3N2S/c1-16-10-3-6(11(13,14)15)2-9(17-10)7-4-18-5-8(7)12/h2-5H,1H3,(H,16,17). The minimum absolute atomic E-state index is 0.193. The van der Waals surface area contributed by atoms with E-state index in [1.54, 1.807) is 10.8 Å². The van der Waals surface area contributed by atoms with Gasteiger partial charge in [-0.05, 0) is 28.1 Å². The highest BCUT2D eigenvalue weighted by Crippen LogP contribution is 2.36. The van der Waals surface area contributed by atoms with Crippen LogP contribution < -0.4 is 5.32 Å². The summed E-state index contributed by atoms with van der Waals surface area (Å²) in [5.74, 6) is 0.193. The Bertz CT molecular complexity index is 566. The molecule has 0 fully saturated rings. The number of aromatic nitrogens is 1. The predicted octanol–water partition coefficient (Wildman–Crippen LogP) is 4.63. The molecule has 0 aromatic carbocycles. The molecule has 2 heterocycles. The number of rotatable bonds is 2. The van der Waals surface area contributed by atoms with Crippen LogP contribution in [0.15, 0.2) is 27.4 Å². The summed E-state index contributed by atoms with van der Waals surface area (Å²) in [5.41, 5.74) is 0.236. The average molecular weight is 337 g/mol. The van der Waals surface area contributed by atoms with Crippen LogP contribution >= 0.6 is 27.3 Å². The van der Waals surface area contributed by atoms with Crippen molar-refractivity contribution in [3.8, 4) is 11.3 Å². The molecule has 0 saturated heterocycles. The zero-order valence-corrected chi connectivity index (χ0v) is 11.6. The normalized spacial score (nSPS) is 11.6. The molecule has 7 heteroatoms. The molecule has 0 aliphatic carbocycles. The van der Waals surface area contributed by atoms with E-state index in [9.17, 15) is 13.2 Å². The molecule has 0 unspecified atom stereocenters. The molecular weight excluding hydrogens is 329 g/mol.